The van der Waals surface area contributed by atoms with E-state index in [1.54, 1.807) is 0 Å². The van der Waals surface area contributed by atoms with Gasteiger partial charge in [-0.25, -0.2) is 0 Å². The van der Waals surface area contributed by atoms with Gasteiger partial charge in [-0.3, -0.25) is 0 Å². The maximum Gasteiger partial charge on any atom is 0.0294 e. The Bertz CT molecular complexity index is 317. The van der Waals surface area contributed by atoms with Gasteiger partial charge in [0.25, 0.3) is 0 Å². The van der Waals surface area contributed by atoms with Crippen molar-refractivity contribution < 1.29 is 0 Å². The summed E-state index contributed by atoms with van der Waals surface area (Å²) >= 11 is 0. The molecule has 0 amide bonds. The van der Waals surface area contributed by atoms with E-state index in [1.807, 2.05) is 0 Å². The van der Waals surface area contributed by atoms with Crippen LogP contribution in [0.1, 0.15) is 57.2 Å². The molecule has 0 spiro atoms. The highest BCUT2D eigenvalue weighted by molar-refractivity contribution is 5.28. The summed E-state index contributed by atoms with van der Waals surface area (Å²) in [5.41, 5.74) is 2.81. The molecule has 1 aromatic carbocycles. The van der Waals surface area contributed by atoms with Crippen LogP contribution in [0, 0.1) is 12.8 Å². The Balaban J connectivity index is 2.26. The number of unbranched alkanes of at least 4 members (excludes halogenated alkanes) is 1. The van der Waals surface area contributed by atoms with Crippen molar-refractivity contribution in [1.29, 1.82) is 0 Å². The summed E-state index contributed by atoms with van der Waals surface area (Å²) in [5.74, 6) is 0.837. The molecule has 1 nitrogen and oxygen atoms in total. The van der Waals surface area contributed by atoms with Gasteiger partial charge >= 0.3 is 0 Å². The molecule has 1 atom stereocenters. The monoisotopic (exact) mass is 233 g/mol. The van der Waals surface area contributed by atoms with Gasteiger partial charge < -0.3 is 5.32 Å². The normalized spacial score (nSPS) is 13.0. The van der Waals surface area contributed by atoms with Gasteiger partial charge in [0.15, 0.2) is 0 Å². The molecule has 17 heavy (non-hydrogen) atoms. The summed E-state index contributed by atoms with van der Waals surface area (Å²) in [4.78, 5) is 0. The van der Waals surface area contributed by atoms with Crippen LogP contribution < -0.4 is 5.32 Å². The molecule has 0 saturated carbocycles. The largest absolute Gasteiger partial charge is 0.310 e. The highest BCUT2D eigenvalue weighted by Gasteiger charge is 2.06. The van der Waals surface area contributed by atoms with E-state index >= 15 is 0 Å². The Morgan fingerprint density at radius 1 is 1.06 bits per heavy atom. The Morgan fingerprint density at radius 2 is 1.76 bits per heavy atom. The summed E-state index contributed by atoms with van der Waals surface area (Å²) in [6.07, 6.45) is 3.97. The molecule has 0 aliphatic carbocycles. The zero-order valence-corrected chi connectivity index (χ0v) is 11.8. The van der Waals surface area contributed by atoms with E-state index in [-0.39, 0.29) is 0 Å². The van der Waals surface area contributed by atoms with Gasteiger partial charge in [0.05, 0.1) is 0 Å². The Morgan fingerprint density at radius 3 is 2.41 bits per heavy atom. The van der Waals surface area contributed by atoms with Crippen molar-refractivity contribution in [2.75, 3.05) is 6.54 Å². The first kappa shape index (κ1) is 14.2. The highest BCUT2D eigenvalue weighted by Crippen LogP contribution is 2.16. The predicted octanol–water partition coefficient (Wildman–Crippen LogP) is 4.47. The van der Waals surface area contributed by atoms with Crippen molar-refractivity contribution >= 4 is 0 Å². The van der Waals surface area contributed by atoms with E-state index in [9.17, 15) is 0 Å². The van der Waals surface area contributed by atoms with Gasteiger partial charge in [0.1, 0.15) is 0 Å². The van der Waals surface area contributed by atoms with Crippen LogP contribution in [-0.2, 0) is 0 Å². The van der Waals surface area contributed by atoms with Crippen molar-refractivity contribution in [3.63, 3.8) is 0 Å². The number of hydrogen-bond donors (Lipinski definition) is 1. The third-order valence-electron chi connectivity index (χ3n) is 3.31. The average molecular weight is 233 g/mol. The molecule has 0 aliphatic rings. The number of benzene rings is 1. The molecule has 0 heterocycles. The lowest BCUT2D eigenvalue weighted by Gasteiger charge is -2.16. The molecule has 1 N–H and O–H groups in total. The molecule has 1 aromatic rings. The lowest BCUT2D eigenvalue weighted by molar-refractivity contribution is 0.497. The quantitative estimate of drug-likeness (QED) is 0.685. The van der Waals surface area contributed by atoms with Gasteiger partial charge in [-0.05, 0) is 43.9 Å². The molecule has 1 unspecified atom stereocenters. The Labute approximate surface area is 107 Å². The lowest BCUT2D eigenvalue weighted by Crippen LogP contribution is -2.20. The fourth-order valence-electron chi connectivity index (χ4n) is 2.18. The van der Waals surface area contributed by atoms with Crippen LogP contribution in [0.15, 0.2) is 24.3 Å². The zero-order chi connectivity index (χ0) is 12.7. The molecule has 1 rings (SSSR count). The maximum absolute atomic E-state index is 3.61. The average Bonchev–Trinajstić information content (AvgIpc) is 2.28. The van der Waals surface area contributed by atoms with Crippen molar-refractivity contribution in [1.82, 2.24) is 5.32 Å². The topological polar surface area (TPSA) is 12.0 Å². The molecule has 96 valence electrons. The van der Waals surface area contributed by atoms with Gasteiger partial charge in [0, 0.05) is 6.04 Å². The highest BCUT2D eigenvalue weighted by atomic mass is 14.9. The fraction of sp³-hybridized carbons (Fsp3) is 0.625. The minimum absolute atomic E-state index is 0.468. The molecule has 0 bridgehead atoms. The van der Waals surface area contributed by atoms with Crippen molar-refractivity contribution in [2.45, 2.75) is 53.0 Å². The van der Waals surface area contributed by atoms with Crippen molar-refractivity contribution in [3.05, 3.63) is 35.4 Å². The summed E-state index contributed by atoms with van der Waals surface area (Å²) < 4.78 is 0. The van der Waals surface area contributed by atoms with Crippen LogP contribution in [0.25, 0.3) is 0 Å². The van der Waals surface area contributed by atoms with Gasteiger partial charge in [-0.15, -0.1) is 0 Å². The van der Waals surface area contributed by atoms with Crippen LogP contribution in [0.3, 0.4) is 0 Å². The summed E-state index contributed by atoms with van der Waals surface area (Å²) in [6.45, 7) is 10.2. The molecule has 0 aliphatic heterocycles. The smallest absolute Gasteiger partial charge is 0.0294 e. The maximum atomic E-state index is 3.61. The zero-order valence-electron chi connectivity index (χ0n) is 11.8. The molecule has 0 saturated heterocycles. The second-order valence-corrected chi connectivity index (χ2v) is 5.42. The number of hydrogen-bond acceptors (Lipinski definition) is 1. The first-order chi connectivity index (χ1) is 8.11. The van der Waals surface area contributed by atoms with E-state index in [1.165, 1.54) is 30.4 Å². The lowest BCUT2D eigenvalue weighted by atomic mass is 10.0. The number of nitrogens with one attached hydrogen (secondary N) is 1. The minimum Gasteiger partial charge on any atom is -0.310 e. The first-order valence-electron chi connectivity index (χ1n) is 6.90. The number of rotatable bonds is 7. The van der Waals surface area contributed by atoms with Crippen LogP contribution in [0.5, 0.6) is 0 Å². The van der Waals surface area contributed by atoms with Gasteiger partial charge in [-0.1, -0.05) is 51.0 Å². The van der Waals surface area contributed by atoms with Crippen molar-refractivity contribution in [2.24, 2.45) is 5.92 Å². The van der Waals surface area contributed by atoms with E-state index in [0.29, 0.717) is 6.04 Å². The van der Waals surface area contributed by atoms with Crippen LogP contribution in [0.4, 0.5) is 0 Å². The van der Waals surface area contributed by atoms with E-state index in [4.69, 9.17) is 0 Å². The van der Waals surface area contributed by atoms with E-state index in [0.717, 1.165) is 12.5 Å². The van der Waals surface area contributed by atoms with Crippen LogP contribution >= 0.6 is 0 Å². The molecule has 1 heteroatoms. The molecule has 0 aromatic heterocycles. The predicted molar refractivity (Wildman–Crippen MR) is 76.3 cm³/mol. The van der Waals surface area contributed by atoms with E-state index < -0.39 is 0 Å². The second-order valence-electron chi connectivity index (χ2n) is 5.42. The fourth-order valence-corrected chi connectivity index (χ4v) is 2.18. The molecule has 0 radical (unpaired) electrons. The van der Waals surface area contributed by atoms with Gasteiger partial charge in [0.2, 0.25) is 0 Å². The molecular weight excluding hydrogens is 206 g/mol. The number of aryl methyl sites for hydroxylation is 1. The Hall–Kier alpha value is -0.820. The first-order valence-corrected chi connectivity index (χ1v) is 6.90. The summed E-state index contributed by atoms with van der Waals surface area (Å²) in [5, 5.41) is 3.61. The standard InChI is InChI=1S/C16H27N/c1-13(2)9-7-8-12-17-15(4)16-11-6-5-10-14(16)3/h5-6,10-11,13,15,17H,7-9,12H2,1-4H3. The third kappa shape index (κ3) is 5.36. The third-order valence-corrected chi connectivity index (χ3v) is 3.31. The minimum atomic E-state index is 0.468. The molecule has 0 fully saturated rings. The summed E-state index contributed by atoms with van der Waals surface area (Å²) in [6, 6.07) is 9.11. The Kier molecular flexibility index (Phi) is 6.28. The van der Waals surface area contributed by atoms with Crippen LogP contribution in [-0.4, -0.2) is 6.54 Å². The molecular formula is C16H27N. The van der Waals surface area contributed by atoms with Gasteiger partial charge in [-0.2, -0.15) is 0 Å². The summed E-state index contributed by atoms with van der Waals surface area (Å²) in [7, 11) is 0. The van der Waals surface area contributed by atoms with Crippen molar-refractivity contribution in [3.8, 4) is 0 Å². The van der Waals surface area contributed by atoms with E-state index in [2.05, 4.69) is 57.3 Å². The van der Waals surface area contributed by atoms with Crippen LogP contribution in [0.2, 0.25) is 0 Å². The second kappa shape index (κ2) is 7.50. The SMILES string of the molecule is Cc1ccccc1C(C)NCCCCC(C)C.